The lowest BCUT2D eigenvalue weighted by molar-refractivity contribution is 0.0698. The molecule has 1 amide bonds. The van der Waals surface area contributed by atoms with Crippen LogP contribution in [0.15, 0.2) is 37.8 Å². The zero-order valence-electron chi connectivity index (χ0n) is 9.62. The molecule has 0 spiro atoms. The Morgan fingerprint density at radius 2 is 1.95 bits per heavy atom. The number of carbonyl (C=O) groups excluding carboxylic acids is 1. The van der Waals surface area contributed by atoms with Crippen LogP contribution in [-0.2, 0) is 0 Å². The molecule has 0 aliphatic carbocycles. The Balaban J connectivity index is 2.41. The van der Waals surface area contributed by atoms with Crippen LogP contribution in [0.4, 0.5) is 5.69 Å². The van der Waals surface area contributed by atoms with Crippen LogP contribution in [0.3, 0.4) is 0 Å². The second-order valence-corrected chi connectivity index (χ2v) is 5.79. The molecular weight excluding hydrogens is 417 g/mol. The van der Waals surface area contributed by atoms with Gasteiger partial charge in [0.1, 0.15) is 0 Å². The number of benzene rings is 1. The minimum atomic E-state index is -1.17. The number of amides is 1. The van der Waals surface area contributed by atoms with Crippen molar-refractivity contribution in [3.05, 3.63) is 49.8 Å². The van der Waals surface area contributed by atoms with E-state index in [2.05, 4.69) is 37.2 Å². The van der Waals surface area contributed by atoms with E-state index in [-0.39, 0.29) is 22.0 Å². The Morgan fingerprint density at radius 1 is 1.25 bits per heavy atom. The molecule has 0 saturated heterocycles. The molecule has 5 nitrogen and oxygen atoms in total. The molecule has 0 atom stereocenters. The molecule has 0 aliphatic heterocycles. The van der Waals surface area contributed by atoms with Gasteiger partial charge in [-0.1, -0.05) is 15.9 Å². The molecule has 0 aliphatic rings. The standard InChI is InChI=1S/C12H6Br2ClNO4/c13-5-3-7(12(18)19)9(8(14)4-5)16-11(17)6-1-2-20-10(6)15/h1-4H,(H,16,17)(H,18,19). The molecule has 0 radical (unpaired) electrons. The largest absolute Gasteiger partial charge is 0.478 e. The fraction of sp³-hybridized carbons (Fsp3) is 0. The van der Waals surface area contributed by atoms with E-state index in [1.165, 1.54) is 18.4 Å². The number of aromatic carboxylic acids is 1. The number of rotatable bonds is 3. The minimum absolute atomic E-state index is 0.0563. The first-order chi connectivity index (χ1) is 9.40. The zero-order chi connectivity index (χ0) is 14.9. The van der Waals surface area contributed by atoms with Crippen molar-refractivity contribution in [2.45, 2.75) is 0 Å². The summed E-state index contributed by atoms with van der Waals surface area (Å²) in [6.07, 6.45) is 1.27. The molecule has 0 bridgehead atoms. The molecule has 0 unspecified atom stereocenters. The number of carboxylic acid groups (broad SMARTS) is 1. The van der Waals surface area contributed by atoms with Gasteiger partial charge >= 0.3 is 5.97 Å². The Morgan fingerprint density at radius 3 is 2.50 bits per heavy atom. The average Bonchev–Trinajstić information content (AvgIpc) is 2.78. The first kappa shape index (κ1) is 15.1. The molecule has 1 heterocycles. The van der Waals surface area contributed by atoms with E-state index in [4.69, 9.17) is 16.0 Å². The SMILES string of the molecule is O=C(Nc1c(Br)cc(Br)cc1C(=O)O)c1ccoc1Cl. The number of anilines is 1. The Bertz CT molecular complexity index is 699. The van der Waals surface area contributed by atoms with E-state index in [1.807, 2.05) is 0 Å². The number of carbonyl (C=O) groups is 2. The topological polar surface area (TPSA) is 79.5 Å². The van der Waals surface area contributed by atoms with Gasteiger partial charge in [0.25, 0.3) is 5.91 Å². The van der Waals surface area contributed by atoms with E-state index in [0.29, 0.717) is 8.95 Å². The van der Waals surface area contributed by atoms with Crippen molar-refractivity contribution >= 4 is 61.0 Å². The molecule has 0 saturated carbocycles. The van der Waals surface area contributed by atoms with E-state index >= 15 is 0 Å². The molecule has 2 aromatic rings. The third kappa shape index (κ3) is 3.05. The predicted octanol–water partition coefficient (Wildman–Crippen LogP) is 4.41. The smallest absolute Gasteiger partial charge is 0.337 e. The van der Waals surface area contributed by atoms with Crippen molar-refractivity contribution in [3.8, 4) is 0 Å². The highest BCUT2D eigenvalue weighted by molar-refractivity contribution is 9.11. The van der Waals surface area contributed by atoms with Crippen molar-refractivity contribution < 1.29 is 19.1 Å². The lowest BCUT2D eigenvalue weighted by Crippen LogP contribution is -2.15. The molecule has 104 valence electrons. The van der Waals surface area contributed by atoms with Gasteiger partial charge in [-0.15, -0.1) is 0 Å². The summed E-state index contributed by atoms with van der Waals surface area (Å²) in [5.41, 5.74) is 0.208. The minimum Gasteiger partial charge on any atom is -0.478 e. The summed E-state index contributed by atoms with van der Waals surface area (Å²) in [6, 6.07) is 4.41. The summed E-state index contributed by atoms with van der Waals surface area (Å²) in [7, 11) is 0. The van der Waals surface area contributed by atoms with Crippen LogP contribution in [-0.4, -0.2) is 17.0 Å². The first-order valence-electron chi connectivity index (χ1n) is 5.17. The molecule has 20 heavy (non-hydrogen) atoms. The van der Waals surface area contributed by atoms with Gasteiger partial charge < -0.3 is 14.8 Å². The summed E-state index contributed by atoms with van der Waals surface area (Å²) in [6.45, 7) is 0. The Labute approximate surface area is 135 Å². The number of furan rings is 1. The van der Waals surface area contributed by atoms with Gasteiger partial charge in [0, 0.05) is 8.95 Å². The van der Waals surface area contributed by atoms with Crippen LogP contribution in [0.25, 0.3) is 0 Å². The third-order valence-electron chi connectivity index (χ3n) is 2.39. The van der Waals surface area contributed by atoms with Gasteiger partial charge in [-0.25, -0.2) is 4.79 Å². The van der Waals surface area contributed by atoms with Crippen molar-refractivity contribution in [2.75, 3.05) is 5.32 Å². The normalized spacial score (nSPS) is 10.3. The van der Waals surface area contributed by atoms with E-state index in [9.17, 15) is 14.7 Å². The van der Waals surface area contributed by atoms with Gasteiger partial charge in [0.05, 0.1) is 23.1 Å². The van der Waals surface area contributed by atoms with Crippen molar-refractivity contribution in [2.24, 2.45) is 0 Å². The third-order valence-corrected chi connectivity index (χ3v) is 3.76. The summed E-state index contributed by atoms with van der Waals surface area (Å²) < 4.78 is 5.82. The van der Waals surface area contributed by atoms with Crippen molar-refractivity contribution in [3.63, 3.8) is 0 Å². The molecule has 8 heteroatoms. The van der Waals surface area contributed by atoms with Gasteiger partial charge in [-0.2, -0.15) is 0 Å². The molecule has 1 aromatic carbocycles. The summed E-state index contributed by atoms with van der Waals surface area (Å²) in [4.78, 5) is 23.3. The van der Waals surface area contributed by atoms with Gasteiger partial charge in [0.15, 0.2) is 0 Å². The fourth-order valence-corrected chi connectivity index (χ4v) is 3.03. The van der Waals surface area contributed by atoms with Crippen LogP contribution >= 0.6 is 43.5 Å². The average molecular weight is 423 g/mol. The number of carboxylic acids is 1. The van der Waals surface area contributed by atoms with E-state index < -0.39 is 11.9 Å². The maximum absolute atomic E-state index is 12.0. The van der Waals surface area contributed by atoms with Crippen molar-refractivity contribution in [1.29, 1.82) is 0 Å². The van der Waals surface area contributed by atoms with Crippen LogP contribution in [0.5, 0.6) is 0 Å². The highest BCUT2D eigenvalue weighted by atomic mass is 79.9. The van der Waals surface area contributed by atoms with Gasteiger partial charge in [-0.3, -0.25) is 4.79 Å². The zero-order valence-corrected chi connectivity index (χ0v) is 13.5. The van der Waals surface area contributed by atoms with E-state index in [1.54, 1.807) is 6.07 Å². The van der Waals surface area contributed by atoms with Crippen LogP contribution < -0.4 is 5.32 Å². The maximum atomic E-state index is 12.0. The first-order valence-corrected chi connectivity index (χ1v) is 7.13. The number of halogens is 3. The van der Waals surface area contributed by atoms with Crippen LogP contribution in [0.1, 0.15) is 20.7 Å². The highest BCUT2D eigenvalue weighted by Crippen LogP contribution is 2.31. The van der Waals surface area contributed by atoms with Crippen LogP contribution in [0, 0.1) is 0 Å². The monoisotopic (exact) mass is 421 g/mol. The molecule has 0 fully saturated rings. The lowest BCUT2D eigenvalue weighted by atomic mass is 10.1. The van der Waals surface area contributed by atoms with Crippen molar-refractivity contribution in [1.82, 2.24) is 0 Å². The fourth-order valence-electron chi connectivity index (χ4n) is 1.51. The molecular formula is C12H6Br2ClNO4. The molecule has 2 N–H and O–H groups in total. The van der Waals surface area contributed by atoms with Gasteiger partial charge in [0.2, 0.25) is 5.22 Å². The highest BCUT2D eigenvalue weighted by Gasteiger charge is 2.19. The summed E-state index contributed by atoms with van der Waals surface area (Å²) in [5.74, 6) is -1.73. The summed E-state index contributed by atoms with van der Waals surface area (Å²) >= 11 is 12.1. The number of nitrogens with one attached hydrogen (secondary N) is 1. The Hall–Kier alpha value is -1.31. The Kier molecular flexibility index (Phi) is 4.52. The lowest BCUT2D eigenvalue weighted by Gasteiger charge is -2.11. The number of hydrogen-bond acceptors (Lipinski definition) is 3. The second kappa shape index (κ2) is 5.99. The number of hydrogen-bond donors (Lipinski definition) is 2. The second-order valence-electron chi connectivity index (χ2n) is 3.68. The molecule has 2 rings (SSSR count). The van der Waals surface area contributed by atoms with E-state index in [0.717, 1.165) is 0 Å². The molecule has 1 aromatic heterocycles. The summed E-state index contributed by atoms with van der Waals surface area (Å²) in [5, 5.41) is 11.6. The van der Waals surface area contributed by atoms with Gasteiger partial charge in [-0.05, 0) is 45.7 Å². The maximum Gasteiger partial charge on any atom is 0.337 e. The predicted molar refractivity (Wildman–Crippen MR) is 80.5 cm³/mol. The van der Waals surface area contributed by atoms with Crippen LogP contribution in [0.2, 0.25) is 5.22 Å². The quantitative estimate of drug-likeness (QED) is 0.767.